The summed E-state index contributed by atoms with van der Waals surface area (Å²) in [6, 6.07) is -0.588. The Bertz CT molecular complexity index is 320. The summed E-state index contributed by atoms with van der Waals surface area (Å²) in [5.74, 6) is 1.28. The van der Waals surface area contributed by atoms with Crippen molar-refractivity contribution in [2.75, 3.05) is 33.4 Å². The fourth-order valence-electron chi connectivity index (χ4n) is 2.96. The Morgan fingerprint density at radius 1 is 1.32 bits per heavy atom. The van der Waals surface area contributed by atoms with E-state index in [1.54, 1.807) is 7.11 Å². The predicted octanol–water partition coefficient (Wildman–Crippen LogP) is 1.68. The minimum absolute atomic E-state index is 0. The van der Waals surface area contributed by atoms with E-state index in [1.165, 1.54) is 6.42 Å². The number of amides is 1. The maximum absolute atomic E-state index is 11.9. The number of methoxy groups -OCH3 is 1. The molecule has 3 unspecified atom stereocenters. The number of nitrogens with one attached hydrogen (secondary N) is 1. The van der Waals surface area contributed by atoms with Crippen LogP contribution in [0.25, 0.3) is 0 Å². The number of carbonyl (C=O) groups excluding carboxylic acids is 1. The van der Waals surface area contributed by atoms with Crippen LogP contribution in [0.1, 0.15) is 34.1 Å². The highest BCUT2D eigenvalue weighted by atomic mass is 35.5. The van der Waals surface area contributed by atoms with Crippen molar-refractivity contribution in [2.45, 2.75) is 45.7 Å². The Kier molecular flexibility index (Phi) is 11.7. The predicted molar refractivity (Wildman–Crippen MR) is 96.0 cm³/mol. The molecule has 22 heavy (non-hydrogen) atoms. The molecular formula is C15H33Cl2N3O2. The minimum atomic E-state index is -0.588. The number of hydrogen-bond donors (Lipinski definition) is 2. The van der Waals surface area contributed by atoms with E-state index in [2.05, 4.69) is 37.9 Å². The lowest BCUT2D eigenvalue weighted by Crippen LogP contribution is -2.57. The molecule has 1 saturated heterocycles. The molecule has 1 rings (SSSR count). The molecule has 3 N–H and O–H groups in total. The molecule has 0 bridgehead atoms. The molecule has 0 saturated carbocycles. The molecule has 1 aliphatic heterocycles. The first-order valence-electron chi connectivity index (χ1n) is 7.53. The molecular weight excluding hydrogens is 325 g/mol. The van der Waals surface area contributed by atoms with E-state index < -0.39 is 6.04 Å². The number of piperidine rings is 1. The van der Waals surface area contributed by atoms with Gasteiger partial charge in [0.05, 0.1) is 6.61 Å². The fourth-order valence-corrected chi connectivity index (χ4v) is 2.96. The van der Waals surface area contributed by atoms with Crippen molar-refractivity contribution < 1.29 is 9.53 Å². The van der Waals surface area contributed by atoms with Crippen LogP contribution in [0.2, 0.25) is 0 Å². The second-order valence-corrected chi connectivity index (χ2v) is 6.94. The summed E-state index contributed by atoms with van der Waals surface area (Å²) in [6.45, 7) is 12.0. The van der Waals surface area contributed by atoms with Crippen molar-refractivity contribution >= 4 is 30.7 Å². The molecule has 7 heteroatoms. The number of halogens is 2. The second-order valence-electron chi connectivity index (χ2n) is 6.94. The lowest BCUT2D eigenvalue weighted by atomic mass is 9.88. The van der Waals surface area contributed by atoms with Gasteiger partial charge in [0.2, 0.25) is 5.91 Å². The summed E-state index contributed by atoms with van der Waals surface area (Å²) in [6.07, 6.45) is 1.29. The zero-order valence-corrected chi connectivity index (χ0v) is 16.1. The maximum Gasteiger partial charge on any atom is 0.239 e. The normalized spacial score (nSPS) is 23.9. The first kappa shape index (κ1) is 24.2. The largest absolute Gasteiger partial charge is 0.383 e. The van der Waals surface area contributed by atoms with Crippen LogP contribution >= 0.6 is 24.8 Å². The zero-order valence-electron chi connectivity index (χ0n) is 14.4. The summed E-state index contributed by atoms with van der Waals surface area (Å²) < 4.78 is 4.90. The number of carbonyl (C=O) groups is 1. The summed E-state index contributed by atoms with van der Waals surface area (Å²) in [7, 11) is 1.55. The molecule has 0 aromatic heterocycles. The molecule has 134 valence electrons. The van der Waals surface area contributed by atoms with E-state index in [1.807, 2.05) is 0 Å². The van der Waals surface area contributed by atoms with Gasteiger partial charge in [-0.25, -0.2) is 0 Å². The van der Waals surface area contributed by atoms with Crippen molar-refractivity contribution in [3.05, 3.63) is 0 Å². The van der Waals surface area contributed by atoms with Gasteiger partial charge in [-0.2, -0.15) is 0 Å². The van der Waals surface area contributed by atoms with E-state index in [9.17, 15) is 4.79 Å². The van der Waals surface area contributed by atoms with Gasteiger partial charge in [0, 0.05) is 32.3 Å². The Hall–Kier alpha value is -0.0700. The minimum Gasteiger partial charge on any atom is -0.383 e. The van der Waals surface area contributed by atoms with E-state index in [4.69, 9.17) is 10.5 Å². The van der Waals surface area contributed by atoms with Crippen LogP contribution in [0.3, 0.4) is 0 Å². The Balaban J connectivity index is 0. The first-order chi connectivity index (χ1) is 9.26. The highest BCUT2D eigenvalue weighted by Crippen LogP contribution is 2.26. The molecule has 5 nitrogen and oxygen atoms in total. The van der Waals surface area contributed by atoms with Gasteiger partial charge in [-0.15, -0.1) is 24.8 Å². The van der Waals surface area contributed by atoms with E-state index in [0.717, 1.165) is 13.1 Å². The summed E-state index contributed by atoms with van der Waals surface area (Å²) in [4.78, 5) is 14.3. The van der Waals surface area contributed by atoms with Gasteiger partial charge in [-0.1, -0.05) is 13.8 Å². The topological polar surface area (TPSA) is 67.6 Å². The SMILES string of the molecule is COCC(N)C(=O)NCC(C)(C)N1CC(C)CC(C)C1.Cl.Cl. The number of nitrogens with zero attached hydrogens (tertiary/aromatic N) is 1. The van der Waals surface area contributed by atoms with E-state index in [0.29, 0.717) is 18.4 Å². The van der Waals surface area contributed by atoms with Crippen LogP contribution in [-0.2, 0) is 9.53 Å². The molecule has 1 aliphatic rings. The molecule has 1 heterocycles. The number of rotatable bonds is 6. The van der Waals surface area contributed by atoms with E-state index in [-0.39, 0.29) is 42.9 Å². The maximum atomic E-state index is 11.9. The molecule has 0 aliphatic carbocycles. The van der Waals surface area contributed by atoms with Crippen molar-refractivity contribution in [1.82, 2.24) is 10.2 Å². The molecule has 0 aromatic carbocycles. The average Bonchev–Trinajstić information content (AvgIpc) is 2.35. The lowest BCUT2D eigenvalue weighted by molar-refractivity contribution is -0.124. The third-order valence-electron chi connectivity index (χ3n) is 4.10. The van der Waals surface area contributed by atoms with Crippen LogP contribution in [0.5, 0.6) is 0 Å². The number of nitrogens with two attached hydrogens (primary N) is 1. The first-order valence-corrected chi connectivity index (χ1v) is 7.53. The second kappa shape index (κ2) is 10.7. The van der Waals surface area contributed by atoms with Gasteiger partial charge in [0.15, 0.2) is 0 Å². The quantitative estimate of drug-likeness (QED) is 0.758. The number of ether oxygens (including phenoxy) is 1. The molecule has 0 spiro atoms. The monoisotopic (exact) mass is 357 g/mol. The third-order valence-corrected chi connectivity index (χ3v) is 4.10. The van der Waals surface area contributed by atoms with Crippen LogP contribution in [0, 0.1) is 11.8 Å². The fraction of sp³-hybridized carbons (Fsp3) is 0.933. The van der Waals surface area contributed by atoms with Gasteiger partial charge >= 0.3 is 0 Å². The van der Waals surface area contributed by atoms with E-state index >= 15 is 0 Å². The standard InChI is InChI=1S/C15H31N3O2.2ClH/c1-11-6-12(2)8-18(7-11)15(3,4)10-17-14(19)13(16)9-20-5;;/h11-13H,6-10,16H2,1-5H3,(H,17,19);2*1H. The highest BCUT2D eigenvalue weighted by Gasteiger charge is 2.33. The van der Waals surface area contributed by atoms with Crippen LogP contribution in [-0.4, -0.2) is 55.7 Å². The molecule has 1 fully saturated rings. The van der Waals surface area contributed by atoms with Crippen LogP contribution < -0.4 is 11.1 Å². The third kappa shape index (κ3) is 7.47. The highest BCUT2D eigenvalue weighted by molar-refractivity contribution is 5.85. The Morgan fingerprint density at radius 3 is 2.27 bits per heavy atom. The summed E-state index contributed by atoms with van der Waals surface area (Å²) >= 11 is 0. The average molecular weight is 358 g/mol. The van der Waals surface area contributed by atoms with Gasteiger partial charge in [0.1, 0.15) is 6.04 Å². The smallest absolute Gasteiger partial charge is 0.239 e. The Morgan fingerprint density at radius 2 is 1.82 bits per heavy atom. The van der Waals surface area contributed by atoms with Crippen molar-refractivity contribution in [1.29, 1.82) is 0 Å². The zero-order chi connectivity index (χ0) is 15.3. The lowest BCUT2D eigenvalue weighted by Gasteiger charge is -2.45. The molecule has 1 amide bonds. The Labute approximate surface area is 147 Å². The summed E-state index contributed by atoms with van der Waals surface area (Å²) in [5.41, 5.74) is 5.68. The number of hydrogen-bond acceptors (Lipinski definition) is 4. The van der Waals surface area contributed by atoms with Gasteiger partial charge in [0.25, 0.3) is 0 Å². The number of likely N-dealkylation sites (tertiary alicyclic amines) is 1. The van der Waals surface area contributed by atoms with Crippen LogP contribution in [0.15, 0.2) is 0 Å². The van der Waals surface area contributed by atoms with Gasteiger partial charge in [-0.05, 0) is 32.1 Å². The van der Waals surface area contributed by atoms with Crippen molar-refractivity contribution in [3.8, 4) is 0 Å². The molecule has 0 radical (unpaired) electrons. The van der Waals surface area contributed by atoms with Crippen molar-refractivity contribution in [3.63, 3.8) is 0 Å². The van der Waals surface area contributed by atoms with Gasteiger partial charge < -0.3 is 15.8 Å². The van der Waals surface area contributed by atoms with Gasteiger partial charge in [-0.3, -0.25) is 9.69 Å². The molecule has 0 aromatic rings. The molecule has 3 atom stereocenters. The van der Waals surface area contributed by atoms with Crippen molar-refractivity contribution in [2.24, 2.45) is 17.6 Å². The summed E-state index contributed by atoms with van der Waals surface area (Å²) in [5, 5.41) is 2.95. The van der Waals surface area contributed by atoms with Crippen LogP contribution in [0.4, 0.5) is 0 Å².